The van der Waals surface area contributed by atoms with Gasteiger partial charge in [-0.05, 0) is 18.8 Å². The molecule has 8 heteroatoms. The van der Waals surface area contributed by atoms with Crippen LogP contribution in [0.15, 0.2) is 12.3 Å². The van der Waals surface area contributed by atoms with Gasteiger partial charge < -0.3 is 9.47 Å². The van der Waals surface area contributed by atoms with Gasteiger partial charge in [-0.3, -0.25) is 9.78 Å². The van der Waals surface area contributed by atoms with Crippen molar-refractivity contribution in [2.45, 2.75) is 38.3 Å². The number of nitrogens with zero attached hydrogens (tertiary/aromatic N) is 2. The minimum atomic E-state index is -4.46. The minimum absolute atomic E-state index is 0.0238. The number of aromatic nitrogens is 1. The maximum absolute atomic E-state index is 12.5. The number of alkyl halides is 3. The maximum atomic E-state index is 12.5. The van der Waals surface area contributed by atoms with E-state index in [0.717, 1.165) is 12.8 Å². The zero-order valence-electron chi connectivity index (χ0n) is 14.3. The third-order valence-electron chi connectivity index (χ3n) is 4.84. The highest BCUT2D eigenvalue weighted by Gasteiger charge is 2.42. The third-order valence-corrected chi connectivity index (χ3v) is 4.84. The van der Waals surface area contributed by atoms with E-state index in [-0.39, 0.29) is 35.0 Å². The number of halogens is 3. The number of rotatable bonds is 7. The van der Waals surface area contributed by atoms with Gasteiger partial charge in [0.15, 0.2) is 12.4 Å². The molecule has 1 saturated heterocycles. The van der Waals surface area contributed by atoms with Crippen LogP contribution in [0.1, 0.15) is 48.2 Å². The number of ether oxygens (including phenoxy) is 2. The Hall–Kier alpha value is -2.14. The number of carbonyl (C=O) groups is 1. The Kier molecular flexibility index (Phi) is 4.93. The summed E-state index contributed by atoms with van der Waals surface area (Å²) in [4.78, 5) is 16.6. The number of pyridine rings is 1. The molecule has 2 aliphatic rings. The quantitative estimate of drug-likeness (QED) is 0.687. The zero-order valence-corrected chi connectivity index (χ0v) is 14.3. The van der Waals surface area contributed by atoms with E-state index >= 15 is 0 Å². The molecule has 2 heterocycles. The molecule has 1 aromatic heterocycles. The first-order valence-corrected chi connectivity index (χ1v) is 8.42. The van der Waals surface area contributed by atoms with Crippen LogP contribution in [0.4, 0.5) is 13.2 Å². The van der Waals surface area contributed by atoms with Gasteiger partial charge in [0, 0.05) is 29.7 Å². The maximum Gasteiger partial charge on any atom is 0.422 e. The lowest BCUT2D eigenvalue weighted by molar-refractivity contribution is -0.153. The van der Waals surface area contributed by atoms with Gasteiger partial charge in [0.05, 0.1) is 25.2 Å². The first kappa shape index (κ1) is 18.6. The van der Waals surface area contributed by atoms with Gasteiger partial charge in [0.25, 0.3) is 0 Å². The molecule has 1 atom stereocenters. The number of hydrogen-bond donors (Lipinski definition) is 0. The van der Waals surface area contributed by atoms with Crippen molar-refractivity contribution in [3.8, 4) is 11.8 Å². The second-order valence-corrected chi connectivity index (χ2v) is 7.24. The second kappa shape index (κ2) is 6.88. The Labute approximate surface area is 149 Å². The van der Waals surface area contributed by atoms with Crippen LogP contribution in [0.5, 0.6) is 5.75 Å². The largest absolute Gasteiger partial charge is 0.484 e. The fraction of sp³-hybridized carbons (Fsp3) is 0.611. The molecule has 1 aliphatic heterocycles. The fourth-order valence-electron chi connectivity index (χ4n) is 2.95. The van der Waals surface area contributed by atoms with Crippen molar-refractivity contribution in [3.63, 3.8) is 0 Å². The molecule has 0 N–H and O–H groups in total. The van der Waals surface area contributed by atoms with Crippen LogP contribution in [-0.2, 0) is 4.74 Å². The van der Waals surface area contributed by atoms with Crippen molar-refractivity contribution in [1.29, 1.82) is 5.26 Å². The molecule has 5 nitrogen and oxygen atoms in total. The van der Waals surface area contributed by atoms with Gasteiger partial charge in [0.2, 0.25) is 0 Å². The SMILES string of the molecule is CC1(C(C#N)CC(=O)c2cc(OCC(F)(F)F)c(C3CC3)cn2)COC1. The average molecular weight is 368 g/mol. The summed E-state index contributed by atoms with van der Waals surface area (Å²) in [7, 11) is 0. The Morgan fingerprint density at radius 2 is 2.19 bits per heavy atom. The van der Waals surface area contributed by atoms with E-state index in [0.29, 0.717) is 18.8 Å². The van der Waals surface area contributed by atoms with Crippen LogP contribution in [-0.4, -0.2) is 36.8 Å². The van der Waals surface area contributed by atoms with Gasteiger partial charge in [-0.25, -0.2) is 0 Å². The third kappa shape index (κ3) is 4.15. The molecule has 2 fully saturated rings. The molecule has 3 rings (SSSR count). The number of ketones is 1. The van der Waals surface area contributed by atoms with Gasteiger partial charge in [-0.2, -0.15) is 18.4 Å². The van der Waals surface area contributed by atoms with E-state index in [1.165, 1.54) is 12.3 Å². The predicted molar refractivity (Wildman–Crippen MR) is 84.7 cm³/mol. The van der Waals surface area contributed by atoms with E-state index in [1.54, 1.807) is 0 Å². The minimum Gasteiger partial charge on any atom is -0.484 e. The molecule has 140 valence electrons. The van der Waals surface area contributed by atoms with Crippen molar-refractivity contribution < 1.29 is 27.4 Å². The molecule has 1 saturated carbocycles. The van der Waals surface area contributed by atoms with Gasteiger partial charge in [-0.1, -0.05) is 6.92 Å². The summed E-state index contributed by atoms with van der Waals surface area (Å²) >= 11 is 0. The monoisotopic (exact) mass is 368 g/mol. The molecular weight excluding hydrogens is 349 g/mol. The standard InChI is InChI=1S/C18H19F3N2O3/c1-17(8-25-9-17)12(6-22)4-15(24)14-5-16(26-10-18(19,20)21)13(7-23-14)11-2-3-11/h5,7,11-12H,2-4,8-10H2,1H3. The molecular formula is C18H19F3N2O3. The zero-order chi connectivity index (χ0) is 18.9. The summed E-state index contributed by atoms with van der Waals surface area (Å²) in [5.74, 6) is -0.736. The normalized spacial score (nSPS) is 20.0. The Morgan fingerprint density at radius 1 is 1.50 bits per heavy atom. The van der Waals surface area contributed by atoms with Crippen LogP contribution < -0.4 is 4.74 Å². The van der Waals surface area contributed by atoms with E-state index in [4.69, 9.17) is 9.47 Å². The number of Topliss-reactive ketones (excluding diaryl/α,β-unsaturated/α-hetero) is 1. The second-order valence-electron chi connectivity index (χ2n) is 7.24. The number of carbonyl (C=O) groups excluding carboxylic acids is 1. The molecule has 0 radical (unpaired) electrons. The molecule has 0 amide bonds. The van der Waals surface area contributed by atoms with Crippen molar-refractivity contribution in [2.75, 3.05) is 19.8 Å². The molecule has 1 aromatic rings. The van der Waals surface area contributed by atoms with E-state index < -0.39 is 18.7 Å². The van der Waals surface area contributed by atoms with Crippen molar-refractivity contribution in [2.24, 2.45) is 11.3 Å². The van der Waals surface area contributed by atoms with E-state index in [2.05, 4.69) is 11.1 Å². The van der Waals surface area contributed by atoms with Crippen LogP contribution in [0.2, 0.25) is 0 Å². The van der Waals surface area contributed by atoms with Crippen molar-refractivity contribution >= 4 is 5.78 Å². The molecule has 26 heavy (non-hydrogen) atoms. The molecule has 0 spiro atoms. The summed E-state index contributed by atoms with van der Waals surface area (Å²) in [6.45, 7) is 1.28. The highest BCUT2D eigenvalue weighted by atomic mass is 19.4. The van der Waals surface area contributed by atoms with Crippen LogP contribution in [0.25, 0.3) is 0 Å². The predicted octanol–water partition coefficient (Wildman–Crippen LogP) is 3.65. The van der Waals surface area contributed by atoms with Gasteiger partial charge in [-0.15, -0.1) is 0 Å². The molecule has 0 aromatic carbocycles. The summed E-state index contributed by atoms with van der Waals surface area (Å²) in [5, 5.41) is 9.35. The summed E-state index contributed by atoms with van der Waals surface area (Å²) < 4.78 is 47.5. The molecule has 1 unspecified atom stereocenters. The highest BCUT2D eigenvalue weighted by molar-refractivity contribution is 5.95. The summed E-state index contributed by atoms with van der Waals surface area (Å²) in [6, 6.07) is 3.41. The van der Waals surface area contributed by atoms with Crippen molar-refractivity contribution in [1.82, 2.24) is 4.98 Å². The smallest absolute Gasteiger partial charge is 0.422 e. The molecule has 0 bridgehead atoms. The van der Waals surface area contributed by atoms with E-state index in [9.17, 15) is 23.2 Å². The lowest BCUT2D eigenvalue weighted by Gasteiger charge is -2.41. The lowest BCUT2D eigenvalue weighted by atomic mass is 9.73. The molecule has 1 aliphatic carbocycles. The van der Waals surface area contributed by atoms with Crippen LogP contribution in [0, 0.1) is 22.7 Å². The first-order valence-electron chi connectivity index (χ1n) is 8.42. The summed E-state index contributed by atoms with van der Waals surface area (Å²) in [6.07, 6.45) is -1.35. The number of nitriles is 1. The highest BCUT2D eigenvalue weighted by Crippen LogP contribution is 2.44. The van der Waals surface area contributed by atoms with E-state index in [1.807, 2.05) is 6.92 Å². The van der Waals surface area contributed by atoms with Gasteiger partial charge in [0.1, 0.15) is 11.4 Å². The van der Waals surface area contributed by atoms with Crippen LogP contribution in [0.3, 0.4) is 0 Å². The average Bonchev–Trinajstić information content (AvgIpc) is 3.39. The topological polar surface area (TPSA) is 72.2 Å². The Bertz CT molecular complexity index is 734. The lowest BCUT2D eigenvalue weighted by Crippen LogP contribution is -2.46. The van der Waals surface area contributed by atoms with Crippen molar-refractivity contribution in [3.05, 3.63) is 23.5 Å². The van der Waals surface area contributed by atoms with Gasteiger partial charge >= 0.3 is 6.18 Å². The fourth-order valence-corrected chi connectivity index (χ4v) is 2.95. The first-order chi connectivity index (χ1) is 12.2. The number of hydrogen-bond acceptors (Lipinski definition) is 5. The summed E-state index contributed by atoms with van der Waals surface area (Å²) in [5.41, 5.74) is 0.242. The Morgan fingerprint density at radius 3 is 2.69 bits per heavy atom. The Balaban J connectivity index is 1.76. The van der Waals surface area contributed by atoms with Crippen LogP contribution >= 0.6 is 0 Å².